The van der Waals surface area contributed by atoms with E-state index in [1.165, 1.54) is 5.54 Å². The van der Waals surface area contributed by atoms with Gasteiger partial charge in [0.25, 0.3) is 0 Å². The highest BCUT2D eigenvalue weighted by molar-refractivity contribution is 6.42. The topological polar surface area (TPSA) is 12.0 Å². The molecule has 1 nitrogen and oxygen atoms in total. The Kier molecular flexibility index (Phi) is 4.43. The molecule has 4 heteroatoms. The third-order valence-electron chi connectivity index (χ3n) is 1.43. The smallest absolute Gasteiger partial charge is 0.0612 e. The standard InChI is InChI=1S/C9H8Cl3N/c10-4-1-5-13-7-2-3-8(11)9(12)6-7/h1-4,6,13H,5H2/b4-1+. The van der Waals surface area contributed by atoms with Crippen molar-refractivity contribution in [1.82, 2.24) is 0 Å². The van der Waals surface area contributed by atoms with E-state index in [4.69, 9.17) is 34.8 Å². The molecule has 0 atom stereocenters. The van der Waals surface area contributed by atoms with Crippen molar-refractivity contribution in [2.24, 2.45) is 0 Å². The van der Waals surface area contributed by atoms with E-state index >= 15 is 0 Å². The highest BCUT2D eigenvalue weighted by Crippen LogP contribution is 2.24. The second-order valence-corrected chi connectivity index (χ2v) is 3.44. The Balaban J connectivity index is 2.63. The van der Waals surface area contributed by atoms with Gasteiger partial charge in [-0.05, 0) is 18.2 Å². The SMILES string of the molecule is Cl/C=C/CNc1ccc(Cl)c(Cl)c1. The molecule has 0 aromatic heterocycles. The van der Waals surface area contributed by atoms with Gasteiger partial charge in [0.2, 0.25) is 0 Å². The summed E-state index contributed by atoms with van der Waals surface area (Å²) in [7, 11) is 0. The summed E-state index contributed by atoms with van der Waals surface area (Å²) < 4.78 is 0. The first kappa shape index (κ1) is 10.7. The normalized spacial score (nSPS) is 10.7. The molecule has 0 unspecified atom stereocenters. The molecule has 1 aromatic carbocycles. The van der Waals surface area contributed by atoms with Crippen LogP contribution in [0.15, 0.2) is 29.8 Å². The van der Waals surface area contributed by atoms with Crippen molar-refractivity contribution in [2.45, 2.75) is 0 Å². The minimum Gasteiger partial charge on any atom is -0.381 e. The minimum absolute atomic E-state index is 0.543. The molecule has 13 heavy (non-hydrogen) atoms. The molecule has 0 aliphatic heterocycles. The van der Waals surface area contributed by atoms with Gasteiger partial charge in [0.05, 0.1) is 10.0 Å². The summed E-state index contributed by atoms with van der Waals surface area (Å²) in [6, 6.07) is 5.37. The summed E-state index contributed by atoms with van der Waals surface area (Å²) in [5, 5.41) is 4.20. The van der Waals surface area contributed by atoms with Crippen LogP contribution in [0.2, 0.25) is 10.0 Å². The van der Waals surface area contributed by atoms with Crippen LogP contribution in [0.5, 0.6) is 0 Å². The van der Waals surface area contributed by atoms with E-state index in [9.17, 15) is 0 Å². The zero-order valence-electron chi connectivity index (χ0n) is 6.73. The fourth-order valence-electron chi connectivity index (χ4n) is 0.827. The third-order valence-corrected chi connectivity index (χ3v) is 2.35. The van der Waals surface area contributed by atoms with Gasteiger partial charge in [0, 0.05) is 17.8 Å². The van der Waals surface area contributed by atoms with Crippen molar-refractivity contribution in [1.29, 1.82) is 0 Å². The molecule has 0 spiro atoms. The van der Waals surface area contributed by atoms with Crippen molar-refractivity contribution >= 4 is 40.5 Å². The van der Waals surface area contributed by atoms with Crippen LogP contribution in [0, 0.1) is 0 Å². The van der Waals surface area contributed by atoms with Crippen molar-refractivity contribution in [3.63, 3.8) is 0 Å². The summed E-state index contributed by atoms with van der Waals surface area (Å²) in [5.41, 5.74) is 2.38. The van der Waals surface area contributed by atoms with Crippen LogP contribution in [0.25, 0.3) is 0 Å². The van der Waals surface area contributed by atoms with E-state index in [0.717, 1.165) is 5.69 Å². The first-order chi connectivity index (χ1) is 6.24. The lowest BCUT2D eigenvalue weighted by Gasteiger charge is -2.03. The first-order valence-corrected chi connectivity index (χ1v) is 4.87. The predicted octanol–water partition coefficient (Wildman–Crippen LogP) is 4.16. The van der Waals surface area contributed by atoms with E-state index in [0.29, 0.717) is 16.6 Å². The Hall–Kier alpha value is -0.370. The zero-order valence-corrected chi connectivity index (χ0v) is 9.00. The van der Waals surface area contributed by atoms with Gasteiger partial charge >= 0.3 is 0 Å². The van der Waals surface area contributed by atoms with Crippen LogP contribution in [0.4, 0.5) is 5.69 Å². The monoisotopic (exact) mass is 235 g/mol. The number of halogens is 3. The Bertz CT molecular complexity index is 310. The van der Waals surface area contributed by atoms with Gasteiger partial charge in [-0.25, -0.2) is 0 Å². The number of benzene rings is 1. The summed E-state index contributed by atoms with van der Waals surface area (Å²) in [6.45, 7) is 0.668. The molecule has 0 amide bonds. The lowest BCUT2D eigenvalue weighted by molar-refractivity contribution is 1.34. The van der Waals surface area contributed by atoms with E-state index in [1.54, 1.807) is 18.2 Å². The molecule has 1 N–H and O–H groups in total. The number of anilines is 1. The summed E-state index contributed by atoms with van der Waals surface area (Å²) in [6.07, 6.45) is 1.80. The van der Waals surface area contributed by atoms with Gasteiger partial charge in [-0.3, -0.25) is 0 Å². The molecule has 0 radical (unpaired) electrons. The summed E-state index contributed by atoms with van der Waals surface area (Å²) >= 11 is 16.9. The highest BCUT2D eigenvalue weighted by Gasteiger charge is 1.97. The third kappa shape index (κ3) is 3.47. The Morgan fingerprint density at radius 2 is 2.00 bits per heavy atom. The van der Waals surface area contributed by atoms with E-state index < -0.39 is 0 Å². The molecule has 0 aliphatic carbocycles. The molecule has 1 aromatic rings. The lowest BCUT2D eigenvalue weighted by Crippen LogP contribution is -1.97. The van der Waals surface area contributed by atoms with Crippen LogP contribution in [0.3, 0.4) is 0 Å². The van der Waals surface area contributed by atoms with Crippen LogP contribution in [-0.4, -0.2) is 6.54 Å². The van der Waals surface area contributed by atoms with Gasteiger partial charge in [-0.15, -0.1) is 0 Å². The van der Waals surface area contributed by atoms with E-state index in [-0.39, 0.29) is 0 Å². The Morgan fingerprint density at radius 1 is 1.23 bits per heavy atom. The average Bonchev–Trinajstić information content (AvgIpc) is 2.12. The second-order valence-electron chi connectivity index (χ2n) is 2.37. The summed E-state index contributed by atoms with van der Waals surface area (Å²) in [4.78, 5) is 0. The van der Waals surface area contributed by atoms with E-state index in [2.05, 4.69) is 5.32 Å². The van der Waals surface area contributed by atoms with Crippen molar-refractivity contribution in [3.05, 3.63) is 39.9 Å². The molecule has 1 rings (SSSR count). The second kappa shape index (κ2) is 5.38. The van der Waals surface area contributed by atoms with Crippen molar-refractivity contribution < 1.29 is 0 Å². The Labute approximate surface area is 92.3 Å². The van der Waals surface area contributed by atoms with Crippen LogP contribution >= 0.6 is 34.8 Å². The predicted molar refractivity (Wildman–Crippen MR) is 59.9 cm³/mol. The lowest BCUT2D eigenvalue weighted by atomic mass is 10.3. The molecule has 0 saturated carbocycles. The molecular weight excluding hydrogens is 228 g/mol. The van der Waals surface area contributed by atoms with Gasteiger partial charge in [-0.1, -0.05) is 40.9 Å². The number of nitrogens with one attached hydrogen (secondary N) is 1. The van der Waals surface area contributed by atoms with Crippen LogP contribution in [0.1, 0.15) is 0 Å². The maximum Gasteiger partial charge on any atom is 0.0612 e. The highest BCUT2D eigenvalue weighted by atomic mass is 35.5. The fraction of sp³-hybridized carbons (Fsp3) is 0.111. The fourth-order valence-corrected chi connectivity index (χ4v) is 1.21. The van der Waals surface area contributed by atoms with Gasteiger partial charge in [0.15, 0.2) is 0 Å². The van der Waals surface area contributed by atoms with E-state index in [1.807, 2.05) is 6.07 Å². The van der Waals surface area contributed by atoms with Gasteiger partial charge < -0.3 is 5.32 Å². The largest absolute Gasteiger partial charge is 0.381 e. The molecule has 0 fully saturated rings. The maximum atomic E-state index is 5.81. The molecule has 0 aliphatic rings. The van der Waals surface area contributed by atoms with Crippen LogP contribution < -0.4 is 5.32 Å². The molecule has 0 bridgehead atoms. The average molecular weight is 237 g/mol. The van der Waals surface area contributed by atoms with Gasteiger partial charge in [-0.2, -0.15) is 0 Å². The maximum absolute atomic E-state index is 5.81. The Morgan fingerprint density at radius 3 is 2.62 bits per heavy atom. The van der Waals surface area contributed by atoms with Crippen LogP contribution in [-0.2, 0) is 0 Å². The van der Waals surface area contributed by atoms with Crippen molar-refractivity contribution in [2.75, 3.05) is 11.9 Å². The van der Waals surface area contributed by atoms with Crippen molar-refractivity contribution in [3.8, 4) is 0 Å². The molecule has 0 heterocycles. The number of hydrogen-bond acceptors (Lipinski definition) is 1. The molecule has 70 valence electrons. The molecular formula is C9H8Cl3N. The summed E-state index contributed by atoms with van der Waals surface area (Å²) in [5.74, 6) is 0. The number of rotatable bonds is 3. The van der Waals surface area contributed by atoms with Gasteiger partial charge in [0.1, 0.15) is 0 Å². The number of hydrogen-bond donors (Lipinski definition) is 1. The first-order valence-electron chi connectivity index (χ1n) is 3.68. The quantitative estimate of drug-likeness (QED) is 0.831. The molecule has 0 saturated heterocycles. The minimum atomic E-state index is 0.543. The zero-order chi connectivity index (χ0) is 9.68.